The smallest absolute Gasteiger partial charge is 0.370 e. The van der Waals surface area contributed by atoms with Gasteiger partial charge in [-0.05, 0) is 81.6 Å². The lowest BCUT2D eigenvalue weighted by Gasteiger charge is -2.48. The fourth-order valence-electron chi connectivity index (χ4n) is 4.55. The van der Waals surface area contributed by atoms with E-state index in [4.69, 9.17) is 0 Å². The first-order valence-corrected chi connectivity index (χ1v) is 13.1. The molecule has 188 valence electrons. The predicted octanol–water partition coefficient (Wildman–Crippen LogP) is 6.95. The summed E-state index contributed by atoms with van der Waals surface area (Å²) in [5.74, 6) is -0.304. The standard InChI is InChI=1S/C25H28F4N4S2/c1-32(2)24(11-9-18-5-3-6-19(15-18)25(27,28)29)10-4-13-33(17-24)20-7-8-22(21(26)16-20)35-31-23-30-12-14-34-23/h3,5-8,12,14-16H,4,9-11,13,17H2,1-2H3,(H,30,31). The van der Waals surface area contributed by atoms with Crippen LogP contribution >= 0.6 is 23.3 Å². The van der Waals surface area contributed by atoms with Crippen molar-refractivity contribution in [2.75, 3.05) is 36.8 Å². The molecular formula is C25H28F4N4S2. The number of alkyl halides is 3. The molecule has 1 N–H and O–H groups in total. The lowest BCUT2D eigenvalue weighted by Crippen LogP contribution is -2.56. The molecule has 1 aromatic heterocycles. The topological polar surface area (TPSA) is 31.4 Å². The molecule has 10 heteroatoms. The monoisotopic (exact) mass is 524 g/mol. The van der Waals surface area contributed by atoms with Gasteiger partial charge in [-0.25, -0.2) is 9.37 Å². The molecule has 1 saturated heterocycles. The van der Waals surface area contributed by atoms with E-state index in [2.05, 4.69) is 19.5 Å². The van der Waals surface area contributed by atoms with E-state index in [0.717, 1.165) is 31.1 Å². The average molecular weight is 525 g/mol. The Morgan fingerprint density at radius 2 is 2.03 bits per heavy atom. The van der Waals surface area contributed by atoms with Gasteiger partial charge in [-0.15, -0.1) is 11.3 Å². The van der Waals surface area contributed by atoms with Gasteiger partial charge in [0, 0.05) is 35.9 Å². The van der Waals surface area contributed by atoms with Crippen molar-refractivity contribution in [3.05, 3.63) is 71.0 Å². The molecule has 1 atom stereocenters. The summed E-state index contributed by atoms with van der Waals surface area (Å²) >= 11 is 2.64. The molecule has 1 unspecified atom stereocenters. The highest BCUT2D eigenvalue weighted by Crippen LogP contribution is 2.36. The molecule has 2 aromatic carbocycles. The lowest BCUT2D eigenvalue weighted by molar-refractivity contribution is -0.137. The van der Waals surface area contributed by atoms with E-state index in [1.54, 1.807) is 24.4 Å². The molecule has 0 aliphatic carbocycles. The number of piperidine rings is 1. The molecule has 4 rings (SSSR count). The van der Waals surface area contributed by atoms with Gasteiger partial charge in [-0.1, -0.05) is 18.2 Å². The number of hydrogen-bond donors (Lipinski definition) is 1. The Labute approximate surface area is 211 Å². The van der Waals surface area contributed by atoms with Crippen LogP contribution in [0.4, 0.5) is 28.4 Å². The predicted molar refractivity (Wildman–Crippen MR) is 136 cm³/mol. The molecule has 1 fully saturated rings. The van der Waals surface area contributed by atoms with E-state index < -0.39 is 11.7 Å². The van der Waals surface area contributed by atoms with Gasteiger partial charge in [0.15, 0.2) is 5.13 Å². The molecule has 1 aliphatic rings. The molecule has 0 bridgehead atoms. The summed E-state index contributed by atoms with van der Waals surface area (Å²) in [5, 5.41) is 2.56. The van der Waals surface area contributed by atoms with Crippen LogP contribution in [-0.2, 0) is 12.6 Å². The third kappa shape index (κ3) is 6.29. The summed E-state index contributed by atoms with van der Waals surface area (Å²) in [6.45, 7) is 1.49. The van der Waals surface area contributed by atoms with Crippen molar-refractivity contribution in [2.45, 2.75) is 42.3 Å². The van der Waals surface area contributed by atoms with E-state index >= 15 is 0 Å². The molecule has 0 radical (unpaired) electrons. The summed E-state index contributed by atoms with van der Waals surface area (Å²) < 4.78 is 57.3. The molecule has 0 amide bonds. The van der Waals surface area contributed by atoms with Crippen LogP contribution in [0.15, 0.2) is 58.9 Å². The molecule has 1 aliphatic heterocycles. The highest BCUT2D eigenvalue weighted by Gasteiger charge is 2.38. The Morgan fingerprint density at radius 1 is 1.20 bits per heavy atom. The maximum atomic E-state index is 14.9. The van der Waals surface area contributed by atoms with E-state index in [-0.39, 0.29) is 11.4 Å². The van der Waals surface area contributed by atoms with Crippen molar-refractivity contribution >= 4 is 34.1 Å². The van der Waals surface area contributed by atoms with Crippen LogP contribution in [0.1, 0.15) is 30.4 Å². The number of likely N-dealkylation sites (N-methyl/N-ethyl adjacent to an activating group) is 1. The summed E-state index contributed by atoms with van der Waals surface area (Å²) in [6, 6.07) is 10.8. The van der Waals surface area contributed by atoms with Gasteiger partial charge in [0.05, 0.1) is 10.5 Å². The highest BCUT2D eigenvalue weighted by atomic mass is 32.2. The van der Waals surface area contributed by atoms with Crippen LogP contribution in [-0.4, -0.2) is 42.6 Å². The number of nitrogens with one attached hydrogen (secondary N) is 1. The van der Waals surface area contributed by atoms with Crippen molar-refractivity contribution in [3.63, 3.8) is 0 Å². The van der Waals surface area contributed by atoms with Crippen LogP contribution in [0, 0.1) is 5.82 Å². The van der Waals surface area contributed by atoms with Crippen LogP contribution in [0.5, 0.6) is 0 Å². The lowest BCUT2D eigenvalue weighted by atomic mass is 9.82. The van der Waals surface area contributed by atoms with Gasteiger partial charge >= 0.3 is 6.18 Å². The van der Waals surface area contributed by atoms with E-state index in [9.17, 15) is 17.6 Å². The fourth-order valence-corrected chi connectivity index (χ4v) is 5.78. The first-order valence-electron chi connectivity index (χ1n) is 11.4. The van der Waals surface area contributed by atoms with Crippen LogP contribution in [0.25, 0.3) is 0 Å². The Kier molecular flexibility index (Phi) is 7.92. The normalized spacial score (nSPS) is 18.8. The third-order valence-electron chi connectivity index (χ3n) is 6.60. The van der Waals surface area contributed by atoms with Gasteiger partial charge in [0.25, 0.3) is 0 Å². The Bertz CT molecular complexity index is 1120. The number of aryl methyl sites for hydroxylation is 1. The summed E-state index contributed by atoms with van der Waals surface area (Å²) in [5.41, 5.74) is 0.657. The maximum absolute atomic E-state index is 14.9. The zero-order chi connectivity index (χ0) is 25.1. The molecule has 3 aromatic rings. The van der Waals surface area contributed by atoms with Crippen molar-refractivity contribution in [2.24, 2.45) is 0 Å². The highest BCUT2D eigenvalue weighted by molar-refractivity contribution is 8.00. The van der Waals surface area contributed by atoms with E-state index in [1.165, 1.54) is 35.4 Å². The number of halogens is 4. The summed E-state index contributed by atoms with van der Waals surface area (Å²) in [7, 11) is 4.03. The number of anilines is 2. The maximum Gasteiger partial charge on any atom is 0.416 e. The number of rotatable bonds is 8. The largest absolute Gasteiger partial charge is 0.416 e. The number of hydrogen-bond acceptors (Lipinski definition) is 6. The minimum absolute atomic E-state index is 0.219. The van der Waals surface area contributed by atoms with Crippen LogP contribution < -0.4 is 9.62 Å². The first-order chi connectivity index (χ1) is 16.7. The Morgan fingerprint density at radius 3 is 2.71 bits per heavy atom. The zero-order valence-corrected chi connectivity index (χ0v) is 21.2. The van der Waals surface area contributed by atoms with Gasteiger partial charge in [0.1, 0.15) is 5.82 Å². The van der Waals surface area contributed by atoms with Crippen LogP contribution in [0.2, 0.25) is 0 Å². The summed E-state index contributed by atoms with van der Waals surface area (Å²) in [6.07, 6.45) is 0.455. The fraction of sp³-hybridized carbons (Fsp3) is 0.400. The molecule has 4 nitrogen and oxygen atoms in total. The quantitative estimate of drug-likeness (QED) is 0.255. The van der Waals surface area contributed by atoms with Gasteiger partial charge < -0.3 is 14.5 Å². The Balaban J connectivity index is 1.46. The molecule has 35 heavy (non-hydrogen) atoms. The second-order valence-corrected chi connectivity index (χ2v) is 10.7. The zero-order valence-electron chi connectivity index (χ0n) is 19.6. The SMILES string of the molecule is CN(C)C1(CCc2cccc(C(F)(F)F)c2)CCCN(c2ccc(SNc3nccs3)c(F)c2)C1. The van der Waals surface area contributed by atoms with Gasteiger partial charge in [-0.3, -0.25) is 0 Å². The molecular weight excluding hydrogens is 496 g/mol. The first kappa shape index (κ1) is 25.8. The number of thiazole rings is 1. The Hall–Kier alpha value is -2.30. The minimum atomic E-state index is -4.35. The molecule has 0 saturated carbocycles. The second-order valence-electron chi connectivity index (χ2n) is 9.00. The number of nitrogens with zero attached hydrogens (tertiary/aromatic N) is 3. The number of benzene rings is 2. The van der Waals surface area contributed by atoms with Crippen molar-refractivity contribution < 1.29 is 17.6 Å². The van der Waals surface area contributed by atoms with Gasteiger partial charge in [0.2, 0.25) is 0 Å². The average Bonchev–Trinajstić information content (AvgIpc) is 3.35. The number of aromatic nitrogens is 1. The third-order valence-corrected chi connectivity index (χ3v) is 8.26. The van der Waals surface area contributed by atoms with Crippen LogP contribution in [0.3, 0.4) is 0 Å². The van der Waals surface area contributed by atoms with Gasteiger partial charge in [-0.2, -0.15) is 13.2 Å². The van der Waals surface area contributed by atoms with Crippen molar-refractivity contribution in [1.29, 1.82) is 0 Å². The van der Waals surface area contributed by atoms with Crippen molar-refractivity contribution in [1.82, 2.24) is 9.88 Å². The second kappa shape index (κ2) is 10.8. The van der Waals surface area contributed by atoms with Crippen molar-refractivity contribution in [3.8, 4) is 0 Å². The molecule has 0 spiro atoms. The minimum Gasteiger partial charge on any atom is -0.370 e. The van der Waals surface area contributed by atoms with E-state index in [0.29, 0.717) is 35.0 Å². The summed E-state index contributed by atoms with van der Waals surface area (Å²) in [4.78, 5) is 8.98. The van der Waals surface area contributed by atoms with E-state index in [1.807, 2.05) is 25.5 Å². The molecule has 2 heterocycles.